The third kappa shape index (κ3) is 6.06. The van der Waals surface area contributed by atoms with Crippen LogP contribution in [0.5, 0.6) is 0 Å². The Labute approximate surface area is 358 Å². The number of hydrogen-bond acceptors (Lipinski definition) is 3. The van der Waals surface area contributed by atoms with Gasteiger partial charge in [-0.15, -0.1) is 0 Å². The number of rotatable bonds is 7. The predicted molar refractivity (Wildman–Crippen MR) is 256 cm³/mol. The molecule has 0 spiro atoms. The maximum absolute atomic E-state index is 5.20. The van der Waals surface area contributed by atoms with E-state index in [0.29, 0.717) is 17.5 Å². The van der Waals surface area contributed by atoms with Crippen LogP contribution in [0.4, 0.5) is 0 Å². The Bertz CT molecular complexity index is 3410. The van der Waals surface area contributed by atoms with Crippen molar-refractivity contribution in [2.45, 2.75) is 0 Å². The van der Waals surface area contributed by atoms with Crippen molar-refractivity contribution in [2.75, 3.05) is 0 Å². The Morgan fingerprint density at radius 2 is 0.565 bits per heavy atom. The first kappa shape index (κ1) is 35.5. The van der Waals surface area contributed by atoms with E-state index in [0.717, 1.165) is 50.3 Å². The van der Waals surface area contributed by atoms with Gasteiger partial charge in [-0.05, 0) is 95.1 Å². The van der Waals surface area contributed by atoms with E-state index in [1.54, 1.807) is 0 Å². The predicted octanol–water partition coefficient (Wildman–Crippen LogP) is 14.4. The lowest BCUT2D eigenvalue weighted by Gasteiger charge is -2.11. The summed E-state index contributed by atoms with van der Waals surface area (Å²) in [5, 5.41) is 4.87. The quantitative estimate of drug-likeness (QED) is 0.162. The normalized spacial score (nSPS) is 11.5. The molecule has 0 atom stereocenters. The summed E-state index contributed by atoms with van der Waals surface area (Å²) in [6, 6.07) is 79.3. The van der Waals surface area contributed by atoms with Crippen LogP contribution in [0, 0.1) is 0 Å². The Morgan fingerprint density at radius 1 is 0.226 bits per heavy atom. The van der Waals surface area contributed by atoms with Gasteiger partial charge < -0.3 is 9.13 Å². The number of aromatic nitrogens is 5. The molecule has 5 nitrogen and oxygen atoms in total. The van der Waals surface area contributed by atoms with Gasteiger partial charge in [0.25, 0.3) is 0 Å². The van der Waals surface area contributed by atoms with Crippen LogP contribution in [0.2, 0.25) is 0 Å². The zero-order chi connectivity index (χ0) is 41.0. The third-order valence-electron chi connectivity index (χ3n) is 11.9. The lowest BCUT2D eigenvalue weighted by Crippen LogP contribution is -2.00. The van der Waals surface area contributed by atoms with Crippen LogP contribution in [0.25, 0.3) is 111 Å². The molecule has 0 saturated heterocycles. The molecule has 62 heavy (non-hydrogen) atoms. The Hall–Kier alpha value is -8.41. The van der Waals surface area contributed by atoms with Gasteiger partial charge in [0.1, 0.15) is 0 Å². The SMILES string of the molecule is c1ccc(-c2nc(-c3cccc(-c4ccc5c(c4)c4ccccc4n5-c4ccccc4)c3)nc(-c3cccc(-c4ccc5c(c4)c4ccccc4n5-c4ccccc4)c3)n2)cc1. The monoisotopic (exact) mass is 791 g/mol. The molecule has 0 amide bonds. The molecule has 3 heterocycles. The molecule has 0 radical (unpaired) electrons. The molecular weight excluding hydrogens is 755 g/mol. The van der Waals surface area contributed by atoms with Crippen molar-refractivity contribution in [2.24, 2.45) is 0 Å². The highest BCUT2D eigenvalue weighted by molar-refractivity contribution is 6.11. The van der Waals surface area contributed by atoms with Crippen molar-refractivity contribution in [3.05, 3.63) is 224 Å². The largest absolute Gasteiger partial charge is 0.309 e. The van der Waals surface area contributed by atoms with E-state index in [2.05, 4.69) is 215 Å². The van der Waals surface area contributed by atoms with Gasteiger partial charge in [-0.1, -0.05) is 152 Å². The minimum atomic E-state index is 0.623. The van der Waals surface area contributed by atoms with Crippen molar-refractivity contribution in [1.29, 1.82) is 0 Å². The number of nitrogens with zero attached hydrogens (tertiary/aromatic N) is 5. The minimum Gasteiger partial charge on any atom is -0.309 e. The van der Waals surface area contributed by atoms with Crippen LogP contribution in [0.1, 0.15) is 0 Å². The van der Waals surface area contributed by atoms with Gasteiger partial charge in [-0.2, -0.15) is 0 Å². The third-order valence-corrected chi connectivity index (χ3v) is 11.9. The van der Waals surface area contributed by atoms with E-state index in [4.69, 9.17) is 15.0 Å². The standard InChI is InChI=1S/C57H37N5/c1-4-16-38(17-5-1)55-58-56(43-20-14-18-39(34-43)41-30-32-53-49(36-41)47-26-10-12-28-51(47)61(53)45-22-6-2-7-23-45)60-57(59-55)44-21-15-19-40(35-44)42-31-33-54-50(37-42)48-27-11-13-29-52(48)62(54)46-24-8-3-9-25-46/h1-37H. The summed E-state index contributed by atoms with van der Waals surface area (Å²) >= 11 is 0. The first-order valence-electron chi connectivity index (χ1n) is 20.9. The fraction of sp³-hybridized carbons (Fsp3) is 0. The number of fused-ring (bicyclic) bond motifs is 6. The van der Waals surface area contributed by atoms with Crippen LogP contribution >= 0.6 is 0 Å². The molecule has 0 fully saturated rings. The van der Waals surface area contributed by atoms with Crippen molar-refractivity contribution >= 4 is 43.6 Å². The van der Waals surface area contributed by atoms with E-state index in [-0.39, 0.29) is 0 Å². The molecular formula is C57H37N5. The van der Waals surface area contributed by atoms with E-state index < -0.39 is 0 Å². The van der Waals surface area contributed by atoms with Gasteiger partial charge in [0.05, 0.1) is 22.1 Å². The summed E-state index contributed by atoms with van der Waals surface area (Å²) in [7, 11) is 0. The first-order chi connectivity index (χ1) is 30.7. The summed E-state index contributed by atoms with van der Waals surface area (Å²) in [6.07, 6.45) is 0. The fourth-order valence-corrected chi connectivity index (χ4v) is 9.04. The fourth-order valence-electron chi connectivity index (χ4n) is 9.04. The average molecular weight is 792 g/mol. The molecule has 0 aliphatic heterocycles. The van der Waals surface area contributed by atoms with Crippen molar-refractivity contribution in [3.63, 3.8) is 0 Å². The van der Waals surface area contributed by atoms with Crippen LogP contribution < -0.4 is 0 Å². The molecule has 290 valence electrons. The lowest BCUT2D eigenvalue weighted by atomic mass is 10.00. The summed E-state index contributed by atoms with van der Waals surface area (Å²) in [4.78, 5) is 15.4. The Kier molecular flexibility index (Phi) is 8.42. The van der Waals surface area contributed by atoms with E-state index in [1.807, 2.05) is 18.2 Å². The summed E-state index contributed by atoms with van der Waals surface area (Å²) < 4.78 is 4.69. The van der Waals surface area contributed by atoms with E-state index >= 15 is 0 Å². The van der Waals surface area contributed by atoms with Gasteiger partial charge in [-0.3, -0.25) is 0 Å². The lowest BCUT2D eigenvalue weighted by molar-refractivity contribution is 1.07. The molecule has 0 aliphatic rings. The van der Waals surface area contributed by atoms with Gasteiger partial charge in [0.2, 0.25) is 0 Å². The topological polar surface area (TPSA) is 48.5 Å². The summed E-state index contributed by atoms with van der Waals surface area (Å²) in [6.45, 7) is 0. The molecule has 5 heteroatoms. The van der Waals surface area contributed by atoms with Gasteiger partial charge in [0.15, 0.2) is 17.5 Å². The second kappa shape index (κ2) is 14.7. The number of para-hydroxylation sites is 4. The second-order valence-electron chi connectivity index (χ2n) is 15.7. The van der Waals surface area contributed by atoms with Crippen LogP contribution in [-0.4, -0.2) is 24.1 Å². The van der Waals surface area contributed by atoms with Crippen molar-refractivity contribution in [3.8, 4) is 67.8 Å². The summed E-state index contributed by atoms with van der Waals surface area (Å²) in [5.74, 6) is 1.88. The van der Waals surface area contributed by atoms with Crippen LogP contribution in [0.15, 0.2) is 224 Å². The highest BCUT2D eigenvalue weighted by Gasteiger charge is 2.17. The molecule has 12 rings (SSSR count). The van der Waals surface area contributed by atoms with E-state index in [9.17, 15) is 0 Å². The van der Waals surface area contributed by atoms with E-state index in [1.165, 1.54) is 43.6 Å². The highest BCUT2D eigenvalue weighted by Crippen LogP contribution is 2.38. The second-order valence-corrected chi connectivity index (χ2v) is 15.7. The number of benzene rings is 9. The molecule has 0 aliphatic carbocycles. The maximum atomic E-state index is 5.20. The smallest absolute Gasteiger partial charge is 0.164 e. The molecule has 9 aromatic carbocycles. The molecule has 3 aromatic heterocycles. The zero-order valence-electron chi connectivity index (χ0n) is 33.6. The zero-order valence-corrected chi connectivity index (χ0v) is 33.6. The van der Waals surface area contributed by atoms with Crippen molar-refractivity contribution < 1.29 is 0 Å². The minimum absolute atomic E-state index is 0.623. The first-order valence-corrected chi connectivity index (χ1v) is 20.9. The van der Waals surface area contributed by atoms with Crippen LogP contribution in [0.3, 0.4) is 0 Å². The van der Waals surface area contributed by atoms with Crippen molar-refractivity contribution in [1.82, 2.24) is 24.1 Å². The molecule has 0 saturated carbocycles. The molecule has 12 aromatic rings. The van der Waals surface area contributed by atoms with Crippen LogP contribution in [-0.2, 0) is 0 Å². The molecule has 0 unspecified atom stereocenters. The van der Waals surface area contributed by atoms with Gasteiger partial charge in [-0.25, -0.2) is 15.0 Å². The Balaban J connectivity index is 0.957. The van der Waals surface area contributed by atoms with Gasteiger partial charge in [0, 0.05) is 49.6 Å². The number of hydrogen-bond donors (Lipinski definition) is 0. The average Bonchev–Trinajstić information content (AvgIpc) is 3.87. The Morgan fingerprint density at radius 3 is 1.03 bits per heavy atom. The maximum Gasteiger partial charge on any atom is 0.164 e. The molecule has 0 N–H and O–H groups in total. The van der Waals surface area contributed by atoms with Gasteiger partial charge >= 0.3 is 0 Å². The summed E-state index contributed by atoms with van der Waals surface area (Å²) in [5.41, 5.74) is 14.2. The molecule has 0 bridgehead atoms. The highest BCUT2D eigenvalue weighted by atomic mass is 15.0.